The molecule has 0 aromatic heterocycles. The lowest BCUT2D eigenvalue weighted by Crippen LogP contribution is -2.55. The van der Waals surface area contributed by atoms with Gasteiger partial charge in [-0.05, 0) is 85.9 Å². The normalized spacial score (nSPS) is 55.6. The van der Waals surface area contributed by atoms with Crippen LogP contribution in [0.5, 0.6) is 0 Å². The standard InChI is InChI=1S/C21H32O2/c1-4-13-15-6-5-14-16-7-8-19(23)21(16,3)11-9-17(14)20(15,2)12-10-18(13)22/h14-19,22-23H,1,5-12H2,2-3H3. The fraction of sp³-hybridized carbons (Fsp3) is 0.857. The van der Waals surface area contributed by atoms with E-state index in [1.165, 1.54) is 32.1 Å². The molecule has 4 saturated carbocycles. The average Bonchev–Trinajstić information content (AvgIpc) is 2.83. The van der Waals surface area contributed by atoms with Crippen molar-refractivity contribution in [3.8, 4) is 0 Å². The highest BCUT2D eigenvalue weighted by atomic mass is 16.3. The first-order valence-electron chi connectivity index (χ1n) is 9.68. The summed E-state index contributed by atoms with van der Waals surface area (Å²) in [5.41, 5.74) is 4.67. The van der Waals surface area contributed by atoms with Crippen molar-refractivity contribution in [1.29, 1.82) is 0 Å². The van der Waals surface area contributed by atoms with Gasteiger partial charge in [0.05, 0.1) is 12.2 Å². The highest BCUT2D eigenvalue weighted by Crippen LogP contribution is 2.66. The number of hydrogen-bond donors (Lipinski definition) is 2. The summed E-state index contributed by atoms with van der Waals surface area (Å²) in [6.07, 6.45) is 8.69. The minimum atomic E-state index is -0.315. The second-order valence-corrected chi connectivity index (χ2v) is 9.34. The topological polar surface area (TPSA) is 40.5 Å². The summed E-state index contributed by atoms with van der Waals surface area (Å²) in [7, 11) is 0. The molecule has 4 aliphatic carbocycles. The monoisotopic (exact) mass is 316 g/mol. The molecule has 0 bridgehead atoms. The van der Waals surface area contributed by atoms with Crippen LogP contribution in [-0.2, 0) is 0 Å². The maximum absolute atomic E-state index is 10.5. The van der Waals surface area contributed by atoms with Crippen molar-refractivity contribution in [2.45, 2.75) is 77.4 Å². The average molecular weight is 316 g/mol. The van der Waals surface area contributed by atoms with Gasteiger partial charge in [-0.3, -0.25) is 0 Å². The number of aliphatic hydroxyl groups is 2. The van der Waals surface area contributed by atoms with E-state index in [1.807, 2.05) is 0 Å². The van der Waals surface area contributed by atoms with E-state index in [9.17, 15) is 10.2 Å². The van der Waals surface area contributed by atoms with Crippen LogP contribution >= 0.6 is 0 Å². The lowest BCUT2D eigenvalue weighted by atomic mass is 9.44. The second kappa shape index (κ2) is 5.22. The minimum Gasteiger partial charge on any atom is -0.393 e. The van der Waals surface area contributed by atoms with Crippen molar-refractivity contribution in [3.63, 3.8) is 0 Å². The molecule has 0 aromatic rings. The van der Waals surface area contributed by atoms with E-state index >= 15 is 0 Å². The zero-order chi connectivity index (χ0) is 16.4. The highest BCUT2D eigenvalue weighted by Gasteiger charge is 2.60. The number of aliphatic hydroxyl groups excluding tert-OH is 2. The number of fused-ring (bicyclic) bond motifs is 5. The third-order valence-corrected chi connectivity index (χ3v) is 8.71. The molecule has 8 unspecified atom stereocenters. The van der Waals surface area contributed by atoms with Crippen LogP contribution in [0.4, 0.5) is 0 Å². The lowest BCUT2D eigenvalue weighted by molar-refractivity contribution is -0.117. The van der Waals surface area contributed by atoms with Gasteiger partial charge in [-0.2, -0.15) is 0 Å². The molecule has 0 radical (unpaired) electrons. The van der Waals surface area contributed by atoms with Gasteiger partial charge in [0.15, 0.2) is 0 Å². The van der Waals surface area contributed by atoms with Gasteiger partial charge in [-0.15, -0.1) is 5.73 Å². The first kappa shape index (κ1) is 15.9. The molecule has 0 saturated heterocycles. The fourth-order valence-electron chi connectivity index (χ4n) is 7.38. The van der Waals surface area contributed by atoms with Gasteiger partial charge in [-0.25, -0.2) is 0 Å². The highest BCUT2D eigenvalue weighted by molar-refractivity contribution is 5.22. The van der Waals surface area contributed by atoms with Crippen LogP contribution in [0.3, 0.4) is 0 Å². The van der Waals surface area contributed by atoms with Crippen molar-refractivity contribution < 1.29 is 10.2 Å². The quantitative estimate of drug-likeness (QED) is 0.661. The van der Waals surface area contributed by atoms with Crippen molar-refractivity contribution in [2.24, 2.45) is 34.5 Å². The van der Waals surface area contributed by atoms with E-state index in [0.29, 0.717) is 17.3 Å². The van der Waals surface area contributed by atoms with Crippen LogP contribution < -0.4 is 0 Å². The van der Waals surface area contributed by atoms with Crippen molar-refractivity contribution in [1.82, 2.24) is 0 Å². The van der Waals surface area contributed by atoms with E-state index in [1.54, 1.807) is 0 Å². The summed E-state index contributed by atoms with van der Waals surface area (Å²) in [5.74, 6) is 2.70. The Morgan fingerprint density at radius 3 is 2.35 bits per heavy atom. The Kier molecular flexibility index (Phi) is 3.61. The summed E-state index contributed by atoms with van der Waals surface area (Å²) in [6.45, 7) is 8.70. The van der Waals surface area contributed by atoms with Gasteiger partial charge in [0, 0.05) is 5.57 Å². The first-order chi connectivity index (χ1) is 10.9. The molecule has 4 aliphatic rings. The van der Waals surface area contributed by atoms with Crippen LogP contribution in [0.15, 0.2) is 17.9 Å². The van der Waals surface area contributed by atoms with Crippen LogP contribution in [0.25, 0.3) is 0 Å². The molecule has 2 nitrogen and oxygen atoms in total. The van der Waals surface area contributed by atoms with Crippen LogP contribution in [-0.4, -0.2) is 22.4 Å². The summed E-state index contributed by atoms with van der Waals surface area (Å²) in [4.78, 5) is 0. The van der Waals surface area contributed by atoms with E-state index in [2.05, 4.69) is 26.2 Å². The summed E-state index contributed by atoms with van der Waals surface area (Å²) < 4.78 is 0. The van der Waals surface area contributed by atoms with Crippen LogP contribution in [0, 0.1) is 34.5 Å². The molecule has 128 valence electrons. The molecular formula is C21H32O2. The predicted octanol–water partition coefficient (Wildman–Crippen LogP) is 4.07. The third-order valence-electron chi connectivity index (χ3n) is 8.71. The van der Waals surface area contributed by atoms with Gasteiger partial charge in [0.1, 0.15) is 0 Å². The SMILES string of the molecule is C=C=C1C(O)CCC2(C)C1CCC1C3CCC(O)C3(C)CCC12. The van der Waals surface area contributed by atoms with Gasteiger partial charge in [0.2, 0.25) is 0 Å². The Hall–Kier alpha value is -0.560. The summed E-state index contributed by atoms with van der Waals surface area (Å²) >= 11 is 0. The zero-order valence-electron chi connectivity index (χ0n) is 14.7. The first-order valence-corrected chi connectivity index (χ1v) is 9.68. The van der Waals surface area contributed by atoms with Crippen molar-refractivity contribution >= 4 is 0 Å². The molecule has 2 N–H and O–H groups in total. The molecule has 2 heteroatoms. The van der Waals surface area contributed by atoms with E-state index < -0.39 is 0 Å². The Morgan fingerprint density at radius 2 is 1.61 bits per heavy atom. The van der Waals surface area contributed by atoms with E-state index in [0.717, 1.165) is 36.7 Å². The molecule has 23 heavy (non-hydrogen) atoms. The molecule has 0 heterocycles. The fourth-order valence-corrected chi connectivity index (χ4v) is 7.38. The zero-order valence-corrected chi connectivity index (χ0v) is 14.7. The molecule has 4 rings (SSSR count). The van der Waals surface area contributed by atoms with Crippen molar-refractivity contribution in [2.75, 3.05) is 0 Å². The molecule has 0 spiro atoms. The maximum atomic E-state index is 10.5. The summed E-state index contributed by atoms with van der Waals surface area (Å²) in [6, 6.07) is 0. The molecule has 4 fully saturated rings. The third kappa shape index (κ3) is 2.01. The second-order valence-electron chi connectivity index (χ2n) is 9.34. The summed E-state index contributed by atoms with van der Waals surface area (Å²) in [5, 5.41) is 20.9. The molecular weight excluding hydrogens is 284 g/mol. The Balaban J connectivity index is 1.68. The lowest BCUT2D eigenvalue weighted by Gasteiger charge is -2.60. The van der Waals surface area contributed by atoms with Gasteiger partial charge < -0.3 is 10.2 Å². The van der Waals surface area contributed by atoms with Crippen molar-refractivity contribution in [3.05, 3.63) is 17.9 Å². The van der Waals surface area contributed by atoms with E-state index in [4.69, 9.17) is 0 Å². The number of hydrogen-bond acceptors (Lipinski definition) is 2. The Labute approximate surface area is 140 Å². The van der Waals surface area contributed by atoms with Gasteiger partial charge in [0.25, 0.3) is 0 Å². The maximum Gasteiger partial charge on any atom is 0.0826 e. The minimum absolute atomic E-state index is 0.0872. The van der Waals surface area contributed by atoms with Gasteiger partial charge >= 0.3 is 0 Å². The molecule has 0 amide bonds. The molecule has 8 atom stereocenters. The number of rotatable bonds is 0. The Bertz CT molecular complexity index is 548. The molecule has 0 aliphatic heterocycles. The van der Waals surface area contributed by atoms with E-state index in [-0.39, 0.29) is 17.6 Å². The predicted molar refractivity (Wildman–Crippen MR) is 91.8 cm³/mol. The smallest absolute Gasteiger partial charge is 0.0826 e. The van der Waals surface area contributed by atoms with Crippen LogP contribution in [0.1, 0.15) is 65.2 Å². The van der Waals surface area contributed by atoms with Crippen LogP contribution in [0.2, 0.25) is 0 Å². The van der Waals surface area contributed by atoms with Gasteiger partial charge in [-0.1, -0.05) is 20.4 Å². The molecule has 0 aromatic carbocycles. The Morgan fingerprint density at radius 1 is 0.913 bits per heavy atom. The largest absolute Gasteiger partial charge is 0.393 e.